The highest BCUT2D eigenvalue weighted by atomic mass is 35.5. The van der Waals surface area contributed by atoms with Crippen LogP contribution in [0.3, 0.4) is 0 Å². The molecule has 0 bridgehead atoms. The Labute approximate surface area is 181 Å². The summed E-state index contributed by atoms with van der Waals surface area (Å²) >= 11 is 12.1. The third-order valence-corrected chi connectivity index (χ3v) is 4.76. The average molecular weight is 463 g/mol. The van der Waals surface area contributed by atoms with Crippen LogP contribution in [0, 0.1) is 5.92 Å². The molecule has 1 N–H and O–H groups in total. The Morgan fingerprint density at radius 1 is 1.17 bits per heavy atom. The Hall–Kier alpha value is -2.32. The van der Waals surface area contributed by atoms with Crippen LogP contribution in [0.25, 0.3) is 11.3 Å². The molecule has 0 radical (unpaired) electrons. The smallest absolute Gasteiger partial charge is 0.417 e. The fourth-order valence-electron chi connectivity index (χ4n) is 2.60. The summed E-state index contributed by atoms with van der Waals surface area (Å²) < 4.78 is 43.4. The summed E-state index contributed by atoms with van der Waals surface area (Å²) in [6, 6.07) is 4.09. The Morgan fingerprint density at radius 3 is 2.37 bits per heavy atom. The topological polar surface area (TPSA) is 68.3 Å². The molecule has 0 aliphatic heterocycles. The summed E-state index contributed by atoms with van der Waals surface area (Å²) in [5.41, 5.74) is -0.624. The first-order valence-corrected chi connectivity index (χ1v) is 9.71. The minimum absolute atomic E-state index is 0.0156. The number of amides is 1. The van der Waals surface area contributed by atoms with E-state index >= 15 is 0 Å². The van der Waals surface area contributed by atoms with Crippen LogP contribution in [0.1, 0.15) is 36.7 Å². The molecule has 1 heterocycles. The monoisotopic (exact) mass is 462 g/mol. The summed E-state index contributed by atoms with van der Waals surface area (Å²) in [6.07, 6.45) is -3.93. The number of nitrogens with zero attached hydrogens (tertiary/aromatic N) is 1. The lowest BCUT2D eigenvalue weighted by molar-refractivity contribution is -0.146. The van der Waals surface area contributed by atoms with Gasteiger partial charge in [0, 0.05) is 11.8 Å². The lowest BCUT2D eigenvalue weighted by atomic mass is 10.0. The normalized spacial score (nSPS) is 12.6. The fourth-order valence-corrected chi connectivity index (χ4v) is 3.08. The Bertz CT molecular complexity index is 949. The number of aromatic nitrogens is 1. The number of carbonyl (C=O) groups is 2. The maximum atomic E-state index is 12.8. The van der Waals surface area contributed by atoms with E-state index < -0.39 is 29.7 Å². The highest BCUT2D eigenvalue weighted by Crippen LogP contribution is 2.35. The van der Waals surface area contributed by atoms with Crippen molar-refractivity contribution in [1.29, 1.82) is 0 Å². The van der Waals surface area contributed by atoms with Crippen molar-refractivity contribution in [2.45, 2.75) is 33.0 Å². The Morgan fingerprint density at radius 2 is 1.83 bits per heavy atom. The number of rotatable bonds is 6. The van der Waals surface area contributed by atoms with E-state index in [1.54, 1.807) is 20.8 Å². The second-order valence-electron chi connectivity index (χ2n) is 6.69. The van der Waals surface area contributed by atoms with Crippen LogP contribution in [0.2, 0.25) is 10.0 Å². The first kappa shape index (κ1) is 24.0. The number of hydrogen-bond donors (Lipinski definition) is 1. The van der Waals surface area contributed by atoms with E-state index in [0.29, 0.717) is 11.8 Å². The maximum Gasteiger partial charge on any atom is 0.417 e. The predicted molar refractivity (Wildman–Crippen MR) is 107 cm³/mol. The maximum absolute atomic E-state index is 12.8. The molecule has 5 nitrogen and oxygen atoms in total. The molecule has 2 rings (SSSR count). The lowest BCUT2D eigenvalue weighted by Crippen LogP contribution is -2.45. The zero-order valence-electron chi connectivity index (χ0n) is 16.3. The number of esters is 1. The first-order valence-electron chi connectivity index (χ1n) is 8.95. The highest BCUT2D eigenvalue weighted by molar-refractivity contribution is 6.34. The summed E-state index contributed by atoms with van der Waals surface area (Å²) in [6.45, 7) is 5.29. The van der Waals surface area contributed by atoms with Gasteiger partial charge in [0.15, 0.2) is 0 Å². The van der Waals surface area contributed by atoms with Gasteiger partial charge >= 0.3 is 12.1 Å². The largest absolute Gasteiger partial charge is 0.464 e. The molecule has 2 aromatic rings. The van der Waals surface area contributed by atoms with Crippen molar-refractivity contribution in [3.05, 3.63) is 51.6 Å². The number of benzene rings is 1. The Kier molecular flexibility index (Phi) is 7.71. The number of hydrogen-bond acceptors (Lipinski definition) is 4. The molecule has 1 atom stereocenters. The minimum Gasteiger partial charge on any atom is -0.464 e. The van der Waals surface area contributed by atoms with E-state index in [1.165, 1.54) is 18.2 Å². The summed E-state index contributed by atoms with van der Waals surface area (Å²) in [5.74, 6) is -1.47. The molecule has 0 spiro atoms. The minimum atomic E-state index is -4.58. The molecule has 0 aliphatic rings. The fraction of sp³-hybridized carbons (Fsp3) is 0.350. The highest BCUT2D eigenvalue weighted by Gasteiger charge is 2.32. The van der Waals surface area contributed by atoms with Gasteiger partial charge in [0.25, 0.3) is 5.91 Å². The second-order valence-corrected chi connectivity index (χ2v) is 7.51. The van der Waals surface area contributed by atoms with Gasteiger partial charge in [-0.25, -0.2) is 4.79 Å². The van der Waals surface area contributed by atoms with Gasteiger partial charge in [-0.2, -0.15) is 13.2 Å². The van der Waals surface area contributed by atoms with Crippen LogP contribution in [-0.4, -0.2) is 29.5 Å². The summed E-state index contributed by atoms with van der Waals surface area (Å²) in [4.78, 5) is 28.6. The molecular weight excluding hydrogens is 444 g/mol. The van der Waals surface area contributed by atoms with Gasteiger partial charge < -0.3 is 10.1 Å². The van der Waals surface area contributed by atoms with Crippen LogP contribution in [-0.2, 0) is 15.7 Å². The zero-order chi connectivity index (χ0) is 22.6. The molecule has 30 heavy (non-hydrogen) atoms. The van der Waals surface area contributed by atoms with Crippen LogP contribution < -0.4 is 5.32 Å². The summed E-state index contributed by atoms with van der Waals surface area (Å²) in [5, 5.41) is 2.44. The molecule has 0 saturated heterocycles. The van der Waals surface area contributed by atoms with Gasteiger partial charge in [-0.05, 0) is 31.0 Å². The van der Waals surface area contributed by atoms with Crippen molar-refractivity contribution in [1.82, 2.24) is 10.3 Å². The van der Waals surface area contributed by atoms with E-state index in [4.69, 9.17) is 27.9 Å². The van der Waals surface area contributed by atoms with E-state index in [-0.39, 0.29) is 33.8 Å². The molecule has 1 aromatic heterocycles. The standard InChI is InChI=1S/C20H19Cl2F3N2O3/c1-4-30-19(29)16(10(2)3)27-18(28)13-7-11(5-6-14(13)21)17-15(22)8-12(9-26-17)20(23,24)25/h5-10,16H,4H2,1-3H3,(H,27,28)/t16-/m0/s1. The predicted octanol–water partition coefficient (Wildman–Crippen LogP) is 5.39. The van der Waals surface area contributed by atoms with E-state index in [9.17, 15) is 22.8 Å². The quantitative estimate of drug-likeness (QED) is 0.584. The SMILES string of the molecule is CCOC(=O)[C@@H](NC(=O)c1cc(-c2ncc(C(F)(F)F)cc2Cl)ccc1Cl)C(C)C. The van der Waals surface area contributed by atoms with Gasteiger partial charge in [-0.15, -0.1) is 0 Å². The summed E-state index contributed by atoms with van der Waals surface area (Å²) in [7, 11) is 0. The molecular formula is C20H19Cl2F3N2O3. The molecule has 10 heteroatoms. The van der Waals surface area contributed by atoms with Gasteiger partial charge in [0.05, 0.1) is 33.5 Å². The number of halogens is 5. The molecule has 162 valence electrons. The van der Waals surface area contributed by atoms with Crippen molar-refractivity contribution in [2.75, 3.05) is 6.61 Å². The molecule has 0 fully saturated rings. The molecule has 1 amide bonds. The number of ether oxygens (including phenoxy) is 1. The van der Waals surface area contributed by atoms with Crippen molar-refractivity contribution >= 4 is 35.1 Å². The van der Waals surface area contributed by atoms with Gasteiger partial charge in [0.1, 0.15) is 6.04 Å². The third kappa shape index (κ3) is 5.64. The van der Waals surface area contributed by atoms with Crippen molar-refractivity contribution in [3.8, 4) is 11.3 Å². The van der Waals surface area contributed by atoms with E-state index in [2.05, 4.69) is 10.3 Å². The number of alkyl halides is 3. The van der Waals surface area contributed by atoms with Gasteiger partial charge in [0.2, 0.25) is 0 Å². The van der Waals surface area contributed by atoms with E-state index in [0.717, 1.165) is 6.07 Å². The second kappa shape index (κ2) is 9.66. The average Bonchev–Trinajstić information content (AvgIpc) is 2.65. The molecule has 0 aliphatic carbocycles. The van der Waals surface area contributed by atoms with Crippen LogP contribution in [0.4, 0.5) is 13.2 Å². The number of pyridine rings is 1. The Balaban J connectivity index is 2.37. The van der Waals surface area contributed by atoms with Crippen LogP contribution in [0.5, 0.6) is 0 Å². The zero-order valence-corrected chi connectivity index (χ0v) is 17.8. The third-order valence-electron chi connectivity index (χ3n) is 4.15. The lowest BCUT2D eigenvalue weighted by Gasteiger charge is -2.21. The van der Waals surface area contributed by atoms with Crippen LogP contribution in [0.15, 0.2) is 30.5 Å². The van der Waals surface area contributed by atoms with Crippen molar-refractivity contribution in [3.63, 3.8) is 0 Å². The molecule has 1 aromatic carbocycles. The van der Waals surface area contributed by atoms with Crippen LogP contribution >= 0.6 is 23.2 Å². The van der Waals surface area contributed by atoms with Gasteiger partial charge in [-0.3, -0.25) is 9.78 Å². The number of nitrogens with one attached hydrogen (secondary N) is 1. The van der Waals surface area contributed by atoms with Crippen molar-refractivity contribution < 1.29 is 27.5 Å². The van der Waals surface area contributed by atoms with Gasteiger partial charge in [-0.1, -0.05) is 43.1 Å². The van der Waals surface area contributed by atoms with E-state index in [1.807, 2.05) is 0 Å². The molecule has 0 unspecified atom stereocenters. The van der Waals surface area contributed by atoms with Crippen molar-refractivity contribution in [2.24, 2.45) is 5.92 Å². The first-order chi connectivity index (χ1) is 14.0. The molecule has 0 saturated carbocycles. The number of carbonyl (C=O) groups excluding carboxylic acids is 2.